The number of hydrogen-bond donors (Lipinski definition) is 0. The number of halogens is 1. The quantitative estimate of drug-likeness (QED) is 0.838. The van der Waals surface area contributed by atoms with Gasteiger partial charge in [0.2, 0.25) is 5.91 Å². The molecule has 1 unspecified atom stereocenters. The minimum absolute atomic E-state index is 0.0242. The van der Waals surface area contributed by atoms with Gasteiger partial charge in [-0.15, -0.1) is 0 Å². The minimum atomic E-state index is -0.184. The second kappa shape index (κ2) is 8.77. The van der Waals surface area contributed by atoms with E-state index in [9.17, 15) is 9.18 Å². The van der Waals surface area contributed by atoms with Crippen LogP contribution in [0, 0.1) is 5.82 Å². The molecule has 2 heterocycles. The topological polar surface area (TPSA) is 26.8 Å². The predicted molar refractivity (Wildman–Crippen MR) is 97.8 cm³/mol. The van der Waals surface area contributed by atoms with Gasteiger partial charge < -0.3 is 4.90 Å². The van der Waals surface area contributed by atoms with Crippen LogP contribution in [0.3, 0.4) is 0 Å². The van der Waals surface area contributed by atoms with E-state index >= 15 is 0 Å². The molecule has 25 heavy (non-hydrogen) atoms. The molecule has 2 aliphatic rings. The van der Waals surface area contributed by atoms with Gasteiger partial charge >= 0.3 is 0 Å². The van der Waals surface area contributed by atoms with Crippen LogP contribution in [-0.2, 0) is 11.3 Å². The van der Waals surface area contributed by atoms with Gasteiger partial charge in [-0.3, -0.25) is 14.6 Å². The average molecular weight is 347 g/mol. The summed E-state index contributed by atoms with van der Waals surface area (Å²) in [5.41, 5.74) is 1.15. The Morgan fingerprint density at radius 1 is 0.960 bits per heavy atom. The zero-order valence-electron chi connectivity index (χ0n) is 15.3. The van der Waals surface area contributed by atoms with E-state index in [0.717, 1.165) is 70.6 Å². The van der Waals surface area contributed by atoms with Gasteiger partial charge in [-0.1, -0.05) is 12.1 Å². The third-order valence-electron chi connectivity index (χ3n) is 5.52. The van der Waals surface area contributed by atoms with E-state index in [1.165, 1.54) is 18.6 Å². The predicted octanol–water partition coefficient (Wildman–Crippen LogP) is 2.73. The lowest BCUT2D eigenvalue weighted by atomic mass is 10.1. The number of benzene rings is 1. The van der Waals surface area contributed by atoms with Crippen LogP contribution in [-0.4, -0.2) is 65.9 Å². The van der Waals surface area contributed by atoms with Crippen molar-refractivity contribution >= 4 is 5.91 Å². The molecule has 2 aliphatic heterocycles. The molecule has 0 aliphatic carbocycles. The molecule has 2 saturated heterocycles. The summed E-state index contributed by atoms with van der Waals surface area (Å²) in [4.78, 5) is 19.5. The maximum atomic E-state index is 13.0. The van der Waals surface area contributed by atoms with Crippen molar-refractivity contribution in [2.45, 2.75) is 45.2 Å². The van der Waals surface area contributed by atoms with Crippen molar-refractivity contribution in [3.05, 3.63) is 35.6 Å². The number of amides is 1. The Bertz CT molecular complexity index is 557. The van der Waals surface area contributed by atoms with E-state index in [2.05, 4.69) is 21.6 Å². The first-order valence-electron chi connectivity index (χ1n) is 9.63. The van der Waals surface area contributed by atoms with E-state index in [-0.39, 0.29) is 11.9 Å². The first-order chi connectivity index (χ1) is 12.1. The minimum Gasteiger partial charge on any atom is -0.341 e. The summed E-state index contributed by atoms with van der Waals surface area (Å²) >= 11 is 0. The number of nitrogens with zero attached hydrogens (tertiary/aromatic N) is 3. The van der Waals surface area contributed by atoms with Crippen LogP contribution < -0.4 is 0 Å². The zero-order valence-corrected chi connectivity index (χ0v) is 15.3. The van der Waals surface area contributed by atoms with Crippen molar-refractivity contribution in [1.29, 1.82) is 0 Å². The van der Waals surface area contributed by atoms with Crippen LogP contribution in [0.5, 0.6) is 0 Å². The lowest BCUT2D eigenvalue weighted by Crippen LogP contribution is -2.49. The monoisotopic (exact) mass is 347 g/mol. The van der Waals surface area contributed by atoms with Gasteiger partial charge in [0.05, 0.1) is 6.04 Å². The van der Waals surface area contributed by atoms with Crippen LogP contribution in [0.2, 0.25) is 0 Å². The van der Waals surface area contributed by atoms with Crippen LogP contribution in [0.15, 0.2) is 24.3 Å². The number of carbonyl (C=O) groups is 1. The zero-order chi connectivity index (χ0) is 17.6. The van der Waals surface area contributed by atoms with E-state index in [1.54, 1.807) is 0 Å². The van der Waals surface area contributed by atoms with Gasteiger partial charge in [0.1, 0.15) is 5.82 Å². The van der Waals surface area contributed by atoms with Gasteiger partial charge in [0.15, 0.2) is 0 Å². The van der Waals surface area contributed by atoms with Crippen molar-refractivity contribution in [3.63, 3.8) is 0 Å². The molecule has 4 nitrogen and oxygen atoms in total. The van der Waals surface area contributed by atoms with Gasteiger partial charge in [-0.25, -0.2) is 4.39 Å². The molecule has 2 fully saturated rings. The molecular weight excluding hydrogens is 317 g/mol. The Labute approximate surface area is 150 Å². The number of likely N-dealkylation sites (tertiary alicyclic amines) is 1. The van der Waals surface area contributed by atoms with E-state index in [4.69, 9.17) is 0 Å². The summed E-state index contributed by atoms with van der Waals surface area (Å²) in [5, 5.41) is 0. The molecule has 0 aromatic heterocycles. The second-order valence-corrected chi connectivity index (χ2v) is 7.35. The van der Waals surface area contributed by atoms with Crippen molar-refractivity contribution in [2.24, 2.45) is 0 Å². The van der Waals surface area contributed by atoms with Crippen molar-refractivity contribution in [1.82, 2.24) is 14.7 Å². The fourth-order valence-corrected chi connectivity index (χ4v) is 3.92. The van der Waals surface area contributed by atoms with E-state index < -0.39 is 0 Å². The molecule has 3 rings (SSSR count). The first kappa shape index (κ1) is 18.3. The largest absolute Gasteiger partial charge is 0.341 e. The molecule has 0 spiro atoms. The standard InChI is InChI=1S/C20H30FN3O/c1-17(20(25)24-11-3-2-4-12-24)23-13-5-10-22(14-15-23)16-18-6-8-19(21)9-7-18/h6-9,17H,2-5,10-16H2,1H3. The summed E-state index contributed by atoms with van der Waals surface area (Å²) < 4.78 is 13.0. The Balaban J connectivity index is 1.51. The maximum absolute atomic E-state index is 13.0. The van der Waals surface area contributed by atoms with Crippen LogP contribution in [0.25, 0.3) is 0 Å². The summed E-state index contributed by atoms with van der Waals surface area (Å²) in [5.74, 6) is 0.113. The van der Waals surface area contributed by atoms with E-state index in [1.807, 2.05) is 12.1 Å². The molecule has 138 valence electrons. The highest BCUT2D eigenvalue weighted by molar-refractivity contribution is 5.81. The molecule has 0 N–H and O–H groups in total. The molecule has 1 aromatic rings. The van der Waals surface area contributed by atoms with Crippen molar-refractivity contribution in [2.75, 3.05) is 39.3 Å². The van der Waals surface area contributed by atoms with Crippen molar-refractivity contribution in [3.8, 4) is 0 Å². The SMILES string of the molecule is CC(C(=O)N1CCCCC1)N1CCCN(Cc2ccc(F)cc2)CC1. The van der Waals surface area contributed by atoms with Gasteiger partial charge in [-0.2, -0.15) is 0 Å². The third kappa shape index (κ3) is 5.02. The summed E-state index contributed by atoms with van der Waals surface area (Å²) in [6.45, 7) is 8.63. The van der Waals surface area contributed by atoms with Crippen LogP contribution in [0.4, 0.5) is 4.39 Å². The number of carbonyl (C=O) groups excluding carboxylic acids is 1. The molecule has 1 amide bonds. The molecule has 0 saturated carbocycles. The summed E-state index contributed by atoms with van der Waals surface area (Å²) in [6.07, 6.45) is 4.60. The fraction of sp³-hybridized carbons (Fsp3) is 0.650. The second-order valence-electron chi connectivity index (χ2n) is 7.35. The van der Waals surface area contributed by atoms with Gasteiger partial charge in [0.25, 0.3) is 0 Å². The molecule has 1 aromatic carbocycles. The maximum Gasteiger partial charge on any atom is 0.239 e. The molecule has 0 bridgehead atoms. The summed E-state index contributed by atoms with van der Waals surface area (Å²) in [7, 11) is 0. The van der Waals surface area contributed by atoms with Crippen molar-refractivity contribution < 1.29 is 9.18 Å². The Kier molecular flexibility index (Phi) is 6.43. The first-order valence-corrected chi connectivity index (χ1v) is 9.63. The fourth-order valence-electron chi connectivity index (χ4n) is 3.92. The molecule has 5 heteroatoms. The van der Waals surface area contributed by atoms with E-state index in [0.29, 0.717) is 5.91 Å². The average Bonchev–Trinajstić information content (AvgIpc) is 2.89. The molecule has 1 atom stereocenters. The van der Waals surface area contributed by atoms with Crippen LogP contribution in [0.1, 0.15) is 38.2 Å². The Morgan fingerprint density at radius 2 is 1.68 bits per heavy atom. The van der Waals surface area contributed by atoms with Gasteiger partial charge in [0, 0.05) is 39.3 Å². The Morgan fingerprint density at radius 3 is 2.40 bits per heavy atom. The lowest BCUT2D eigenvalue weighted by molar-refractivity contribution is -0.137. The lowest BCUT2D eigenvalue weighted by Gasteiger charge is -2.34. The normalized spacial score (nSPS) is 21.8. The van der Waals surface area contributed by atoms with Crippen LogP contribution >= 0.6 is 0 Å². The molecule has 0 radical (unpaired) electrons. The number of piperidine rings is 1. The highest BCUT2D eigenvalue weighted by Gasteiger charge is 2.28. The summed E-state index contributed by atoms with van der Waals surface area (Å²) in [6, 6.07) is 6.75. The highest BCUT2D eigenvalue weighted by Crippen LogP contribution is 2.15. The number of hydrogen-bond acceptors (Lipinski definition) is 3. The Hall–Kier alpha value is -1.46. The third-order valence-corrected chi connectivity index (χ3v) is 5.52. The van der Waals surface area contributed by atoms with Gasteiger partial charge in [-0.05, 0) is 56.8 Å². The number of rotatable bonds is 4. The highest BCUT2D eigenvalue weighted by atomic mass is 19.1. The molecular formula is C20H30FN3O. The smallest absolute Gasteiger partial charge is 0.239 e.